The Morgan fingerprint density at radius 1 is 0.256 bits per heavy atom. The molecule has 0 radical (unpaired) electrons. The van der Waals surface area contributed by atoms with Crippen LogP contribution in [-0.2, 0) is 28.6 Å². The summed E-state index contributed by atoms with van der Waals surface area (Å²) in [5, 5.41) is 0. The molecule has 1 unspecified atom stereocenters. The van der Waals surface area contributed by atoms with Crippen LogP contribution in [0.1, 0.15) is 387 Å². The highest BCUT2D eigenvalue weighted by Crippen LogP contribution is 2.19. The molecule has 0 saturated heterocycles. The molecule has 0 aliphatic carbocycles. The zero-order valence-electron chi connectivity index (χ0n) is 55.0. The fourth-order valence-electron chi connectivity index (χ4n) is 10.9. The van der Waals surface area contributed by atoms with Crippen LogP contribution in [0.5, 0.6) is 0 Å². The summed E-state index contributed by atoms with van der Waals surface area (Å²) in [6.07, 6.45) is 91.2. The molecule has 6 nitrogen and oxygen atoms in total. The summed E-state index contributed by atoms with van der Waals surface area (Å²) in [5.74, 6) is -0.870. The van der Waals surface area contributed by atoms with Crippen LogP contribution in [0.25, 0.3) is 0 Å². The number of hydrogen-bond donors (Lipinski definition) is 0. The smallest absolute Gasteiger partial charge is 0.306 e. The highest BCUT2D eigenvalue weighted by Gasteiger charge is 2.19. The van der Waals surface area contributed by atoms with E-state index in [4.69, 9.17) is 14.2 Å². The van der Waals surface area contributed by atoms with Gasteiger partial charge in [0.15, 0.2) is 6.10 Å². The van der Waals surface area contributed by atoms with Gasteiger partial charge < -0.3 is 14.2 Å². The molecule has 6 heteroatoms. The Hall–Kier alpha value is -2.89. The second-order valence-corrected chi connectivity index (χ2v) is 24.5. The van der Waals surface area contributed by atoms with Gasteiger partial charge in [0, 0.05) is 19.3 Å². The quantitative estimate of drug-likeness (QED) is 0.0261. The molecule has 0 spiro atoms. The minimum absolute atomic E-state index is 0.0773. The van der Waals surface area contributed by atoms with Gasteiger partial charge in [-0.1, -0.05) is 364 Å². The first-order valence-corrected chi connectivity index (χ1v) is 36.3. The normalized spacial score (nSPS) is 12.4. The number of ether oxygens (including phenoxy) is 3. The van der Waals surface area contributed by atoms with E-state index in [0.717, 1.165) is 109 Å². The van der Waals surface area contributed by atoms with Crippen LogP contribution in [0.3, 0.4) is 0 Å². The van der Waals surface area contributed by atoms with Gasteiger partial charge in [0.2, 0.25) is 0 Å². The zero-order valence-corrected chi connectivity index (χ0v) is 55.0. The van der Waals surface area contributed by atoms with Crippen LogP contribution in [0, 0.1) is 0 Å². The van der Waals surface area contributed by atoms with Crippen LogP contribution in [-0.4, -0.2) is 37.2 Å². The van der Waals surface area contributed by atoms with Crippen molar-refractivity contribution >= 4 is 17.9 Å². The van der Waals surface area contributed by atoms with Gasteiger partial charge in [0.05, 0.1) is 0 Å². The molecule has 1 atom stereocenters. The lowest BCUT2D eigenvalue weighted by Gasteiger charge is -2.18. The summed E-state index contributed by atoms with van der Waals surface area (Å²) >= 11 is 0. The Balaban J connectivity index is 4.24. The lowest BCUT2D eigenvalue weighted by atomic mass is 10.0. The molecule has 0 bridgehead atoms. The largest absolute Gasteiger partial charge is 0.462 e. The fourth-order valence-corrected chi connectivity index (χ4v) is 10.9. The predicted molar refractivity (Wildman–Crippen MR) is 358 cm³/mol. The molecule has 0 amide bonds. The lowest BCUT2D eigenvalue weighted by Crippen LogP contribution is -2.30. The van der Waals surface area contributed by atoms with E-state index in [1.807, 2.05) is 0 Å². The first-order chi connectivity index (χ1) is 40.5. The fraction of sp³-hybridized carbons (Fsp3) is 0.829. The number of hydrogen-bond acceptors (Lipinski definition) is 6. The molecule has 0 aliphatic heterocycles. The number of esters is 3. The molecule has 0 aromatic carbocycles. The van der Waals surface area contributed by atoms with Crippen molar-refractivity contribution in [1.82, 2.24) is 0 Å². The Kier molecular flexibility index (Phi) is 68.1. The molecule has 0 fully saturated rings. The number of allylic oxidation sites excluding steroid dienone is 10. The molecule has 0 aromatic heterocycles. The third-order valence-electron chi connectivity index (χ3n) is 16.3. The summed E-state index contributed by atoms with van der Waals surface area (Å²) in [7, 11) is 0. The molecule has 82 heavy (non-hydrogen) atoms. The van der Waals surface area contributed by atoms with Crippen molar-refractivity contribution in [3.63, 3.8) is 0 Å². The van der Waals surface area contributed by atoms with Gasteiger partial charge >= 0.3 is 17.9 Å². The van der Waals surface area contributed by atoms with Gasteiger partial charge in [0.25, 0.3) is 0 Å². The van der Waals surface area contributed by atoms with Crippen LogP contribution in [0.2, 0.25) is 0 Å². The Morgan fingerprint density at radius 2 is 0.476 bits per heavy atom. The van der Waals surface area contributed by atoms with Gasteiger partial charge in [-0.25, -0.2) is 0 Å². The second kappa shape index (κ2) is 70.6. The number of carbonyl (C=O) groups is 3. The summed E-state index contributed by atoms with van der Waals surface area (Å²) < 4.78 is 17.0. The molecule has 0 aliphatic rings. The maximum atomic E-state index is 12.9. The lowest BCUT2D eigenvalue weighted by molar-refractivity contribution is -0.167. The van der Waals surface area contributed by atoms with E-state index in [0.29, 0.717) is 19.3 Å². The zero-order chi connectivity index (χ0) is 59.2. The van der Waals surface area contributed by atoms with E-state index in [9.17, 15) is 14.4 Å². The molecule has 0 rings (SSSR count). The van der Waals surface area contributed by atoms with Crippen molar-refractivity contribution in [2.75, 3.05) is 13.2 Å². The van der Waals surface area contributed by atoms with Crippen molar-refractivity contribution in [1.29, 1.82) is 0 Å². The van der Waals surface area contributed by atoms with E-state index in [2.05, 4.69) is 81.5 Å². The van der Waals surface area contributed by atoms with Gasteiger partial charge in [0.1, 0.15) is 13.2 Å². The van der Waals surface area contributed by atoms with Crippen molar-refractivity contribution in [2.45, 2.75) is 393 Å². The minimum Gasteiger partial charge on any atom is -0.462 e. The Bertz CT molecular complexity index is 1460. The van der Waals surface area contributed by atoms with Crippen molar-refractivity contribution < 1.29 is 28.6 Å². The Morgan fingerprint density at radius 3 is 0.744 bits per heavy atom. The number of unbranched alkanes of at least 4 members (excludes halogenated alkanes) is 46. The van der Waals surface area contributed by atoms with Crippen molar-refractivity contribution in [2.24, 2.45) is 0 Å². The summed E-state index contributed by atoms with van der Waals surface area (Å²) in [6, 6.07) is 0. The Labute approximate surface area is 510 Å². The maximum Gasteiger partial charge on any atom is 0.306 e. The van der Waals surface area contributed by atoms with E-state index in [-0.39, 0.29) is 31.1 Å². The maximum absolute atomic E-state index is 12.9. The molecular weight excluding hydrogens is 1010 g/mol. The second-order valence-electron chi connectivity index (χ2n) is 24.5. The molecule has 0 N–H and O–H groups in total. The minimum atomic E-state index is -0.784. The number of rotatable bonds is 67. The summed E-state index contributed by atoms with van der Waals surface area (Å²) in [6.45, 7) is 6.58. The molecule has 0 aromatic rings. The average molecular weight is 1150 g/mol. The monoisotopic (exact) mass is 1150 g/mol. The first kappa shape index (κ1) is 79.1. The molecule has 0 saturated carbocycles. The van der Waals surface area contributed by atoms with Crippen LogP contribution < -0.4 is 0 Å². The van der Waals surface area contributed by atoms with E-state index >= 15 is 0 Å². The van der Waals surface area contributed by atoms with Crippen LogP contribution in [0.4, 0.5) is 0 Å². The topological polar surface area (TPSA) is 78.9 Å². The predicted octanol–water partition coefficient (Wildman–Crippen LogP) is 25.1. The first-order valence-electron chi connectivity index (χ1n) is 36.3. The highest BCUT2D eigenvalue weighted by molar-refractivity contribution is 5.71. The van der Waals surface area contributed by atoms with Gasteiger partial charge in [-0.05, 0) is 64.2 Å². The molecular formula is C76H138O6. The van der Waals surface area contributed by atoms with E-state index in [1.165, 1.54) is 238 Å². The van der Waals surface area contributed by atoms with Gasteiger partial charge in [-0.3, -0.25) is 14.4 Å². The third-order valence-corrected chi connectivity index (χ3v) is 16.3. The summed E-state index contributed by atoms with van der Waals surface area (Å²) in [5.41, 5.74) is 0. The highest BCUT2D eigenvalue weighted by atomic mass is 16.6. The van der Waals surface area contributed by atoms with Crippen molar-refractivity contribution in [3.05, 3.63) is 60.8 Å². The van der Waals surface area contributed by atoms with E-state index < -0.39 is 6.10 Å². The average Bonchev–Trinajstić information content (AvgIpc) is 3.47. The molecule has 0 heterocycles. The van der Waals surface area contributed by atoms with Crippen LogP contribution in [0.15, 0.2) is 60.8 Å². The van der Waals surface area contributed by atoms with Crippen LogP contribution >= 0.6 is 0 Å². The molecule has 478 valence electrons. The van der Waals surface area contributed by atoms with E-state index in [1.54, 1.807) is 0 Å². The van der Waals surface area contributed by atoms with Gasteiger partial charge in [-0.2, -0.15) is 0 Å². The third kappa shape index (κ3) is 67.9. The van der Waals surface area contributed by atoms with Gasteiger partial charge in [-0.15, -0.1) is 0 Å². The summed E-state index contributed by atoms with van der Waals surface area (Å²) in [4.78, 5) is 38.4. The van der Waals surface area contributed by atoms with Crippen molar-refractivity contribution in [3.8, 4) is 0 Å². The SMILES string of the molecule is CC/C=C\C/C=C\C/C=C\C/C=C\C/C=C\CCCCCCCC(=O)OC(COC(=O)CCCCCCCCCCCCCCCC)COC(=O)CCCCCCCCCCCCCCCCCCCCCCCCCCCCCCC. The standard InChI is InChI=1S/C76H138O6/c1-4-7-10-13-16-19-22-25-28-30-32-34-35-36-37-38-39-40-41-43-44-46-48-51-54-57-60-63-66-69-75(78)81-72-73(71-80-74(77)68-65-62-59-56-53-50-27-24-21-18-15-12-9-6-3)82-76(79)70-67-64-61-58-55-52-49-47-45-42-33-31-29-26-23-20-17-14-11-8-5-2/h8,11,17,20,26,29,33,42,47,49,73H,4-7,9-10,12-16,18-19,21-25,27-28,30-32,34-41,43-46,48,50-72H2,1-3H3/b11-8-,20-17-,29-26-,42-33-,49-47-. The number of carbonyl (C=O) groups excluding carboxylic acids is 3.